The van der Waals surface area contributed by atoms with E-state index >= 15 is 0 Å². The molecule has 3 heteroatoms. The van der Waals surface area contributed by atoms with Gasteiger partial charge in [-0.15, -0.1) is 0 Å². The quantitative estimate of drug-likeness (QED) is 0.867. The summed E-state index contributed by atoms with van der Waals surface area (Å²) in [5.74, 6) is 0.950. The van der Waals surface area contributed by atoms with Crippen LogP contribution in [0, 0.1) is 0 Å². The average Bonchev–Trinajstić information content (AvgIpc) is 3.14. The summed E-state index contributed by atoms with van der Waals surface area (Å²) < 4.78 is 12.2. The molecular formula is C18H27NO2. The second-order valence-corrected chi connectivity index (χ2v) is 6.40. The maximum Gasteiger partial charge on any atom is 0.119 e. The molecule has 2 aliphatic rings. The molecule has 1 spiro atoms. The van der Waals surface area contributed by atoms with Gasteiger partial charge in [0.05, 0.1) is 11.7 Å². The summed E-state index contributed by atoms with van der Waals surface area (Å²) in [4.78, 5) is 0. The number of rotatable bonds is 6. The second-order valence-electron chi connectivity index (χ2n) is 6.40. The number of hydrogen-bond acceptors (Lipinski definition) is 3. The molecule has 1 heterocycles. The van der Waals surface area contributed by atoms with Crippen LogP contribution in [0.4, 0.5) is 0 Å². The van der Waals surface area contributed by atoms with Crippen LogP contribution in [0.2, 0.25) is 0 Å². The third-order valence-electron chi connectivity index (χ3n) is 4.79. The van der Waals surface area contributed by atoms with Gasteiger partial charge in [0, 0.05) is 6.54 Å². The van der Waals surface area contributed by atoms with Gasteiger partial charge in [-0.3, -0.25) is 0 Å². The first kappa shape index (κ1) is 14.9. The lowest BCUT2D eigenvalue weighted by molar-refractivity contribution is -0.0508. The van der Waals surface area contributed by atoms with E-state index < -0.39 is 0 Å². The Balaban J connectivity index is 1.45. The van der Waals surface area contributed by atoms with Crippen LogP contribution in [0.25, 0.3) is 0 Å². The van der Waals surface area contributed by atoms with Gasteiger partial charge in [0.15, 0.2) is 0 Å². The van der Waals surface area contributed by atoms with Crippen LogP contribution in [0.15, 0.2) is 24.3 Å². The molecule has 1 aliphatic heterocycles. The van der Waals surface area contributed by atoms with E-state index in [1.165, 1.54) is 37.7 Å². The summed E-state index contributed by atoms with van der Waals surface area (Å²) in [6, 6.07) is 8.39. The van der Waals surface area contributed by atoms with Crippen molar-refractivity contribution in [1.29, 1.82) is 0 Å². The molecule has 3 nitrogen and oxygen atoms in total. The fourth-order valence-electron chi connectivity index (χ4n) is 3.56. The third kappa shape index (κ3) is 3.78. The largest absolute Gasteiger partial charge is 0.491 e. The molecule has 3 rings (SSSR count). The Labute approximate surface area is 128 Å². The summed E-state index contributed by atoms with van der Waals surface area (Å²) in [5, 5.41) is 3.33. The van der Waals surface area contributed by atoms with E-state index in [9.17, 15) is 0 Å². The average molecular weight is 289 g/mol. The first-order valence-corrected chi connectivity index (χ1v) is 8.40. The Hall–Kier alpha value is -1.06. The van der Waals surface area contributed by atoms with E-state index in [0.29, 0.717) is 6.61 Å². The predicted molar refractivity (Wildman–Crippen MR) is 84.6 cm³/mol. The first-order valence-electron chi connectivity index (χ1n) is 8.40. The van der Waals surface area contributed by atoms with E-state index in [1.807, 2.05) is 0 Å². The summed E-state index contributed by atoms with van der Waals surface area (Å²) in [5.41, 5.74) is 1.51. The van der Waals surface area contributed by atoms with Gasteiger partial charge in [0.2, 0.25) is 0 Å². The Morgan fingerprint density at radius 3 is 2.67 bits per heavy atom. The molecule has 2 fully saturated rings. The molecule has 1 N–H and O–H groups in total. The van der Waals surface area contributed by atoms with E-state index in [2.05, 4.69) is 36.5 Å². The van der Waals surface area contributed by atoms with Crippen molar-refractivity contribution in [2.45, 2.75) is 63.7 Å². The minimum Gasteiger partial charge on any atom is -0.491 e. The van der Waals surface area contributed by atoms with Gasteiger partial charge in [0.1, 0.15) is 12.4 Å². The van der Waals surface area contributed by atoms with Crippen molar-refractivity contribution < 1.29 is 9.47 Å². The molecular weight excluding hydrogens is 262 g/mol. The standard InChI is InChI=1S/C18H27NO2/c1-2-19-13-15-5-7-16(8-6-15)20-14-17-9-12-18(21-17)10-3-4-11-18/h5-8,17,19H,2-4,9-14H2,1H3. The molecule has 1 aromatic rings. The van der Waals surface area contributed by atoms with Crippen LogP contribution in [0.3, 0.4) is 0 Å². The highest BCUT2D eigenvalue weighted by Gasteiger charge is 2.42. The van der Waals surface area contributed by atoms with Crippen molar-refractivity contribution in [3.8, 4) is 5.75 Å². The molecule has 1 unspecified atom stereocenters. The molecule has 1 aromatic carbocycles. The minimum atomic E-state index is 0.212. The van der Waals surface area contributed by atoms with Crippen LogP contribution in [0.5, 0.6) is 5.75 Å². The molecule has 1 aliphatic carbocycles. The Bertz CT molecular complexity index is 437. The van der Waals surface area contributed by atoms with Crippen molar-refractivity contribution in [2.24, 2.45) is 0 Å². The number of nitrogens with one attached hydrogen (secondary N) is 1. The molecule has 21 heavy (non-hydrogen) atoms. The zero-order valence-corrected chi connectivity index (χ0v) is 13.1. The highest BCUT2D eigenvalue weighted by molar-refractivity contribution is 5.27. The zero-order chi connectivity index (χ0) is 14.5. The van der Waals surface area contributed by atoms with Gasteiger partial charge in [-0.2, -0.15) is 0 Å². The number of ether oxygens (including phenoxy) is 2. The Morgan fingerprint density at radius 1 is 1.19 bits per heavy atom. The highest BCUT2D eigenvalue weighted by Crippen LogP contribution is 2.43. The van der Waals surface area contributed by atoms with Gasteiger partial charge in [-0.25, -0.2) is 0 Å². The summed E-state index contributed by atoms with van der Waals surface area (Å²) in [6.07, 6.45) is 7.83. The molecule has 116 valence electrons. The minimum absolute atomic E-state index is 0.212. The number of benzene rings is 1. The SMILES string of the molecule is CCNCc1ccc(OCC2CCC3(CCCC3)O2)cc1. The van der Waals surface area contributed by atoms with Crippen LogP contribution in [-0.4, -0.2) is 24.9 Å². The monoisotopic (exact) mass is 289 g/mol. The van der Waals surface area contributed by atoms with E-state index in [0.717, 1.165) is 25.3 Å². The fourth-order valence-corrected chi connectivity index (χ4v) is 3.56. The summed E-state index contributed by atoms with van der Waals surface area (Å²) in [7, 11) is 0. The zero-order valence-electron chi connectivity index (χ0n) is 13.1. The third-order valence-corrected chi connectivity index (χ3v) is 4.79. The lowest BCUT2D eigenvalue weighted by Gasteiger charge is -2.23. The smallest absolute Gasteiger partial charge is 0.119 e. The van der Waals surface area contributed by atoms with Crippen molar-refractivity contribution in [1.82, 2.24) is 5.32 Å². The first-order chi connectivity index (χ1) is 10.3. The lowest BCUT2D eigenvalue weighted by atomic mass is 9.98. The van der Waals surface area contributed by atoms with Crippen LogP contribution >= 0.6 is 0 Å². The Kier molecular flexibility index (Phi) is 4.81. The highest BCUT2D eigenvalue weighted by atomic mass is 16.6. The van der Waals surface area contributed by atoms with E-state index in [-0.39, 0.29) is 11.7 Å². The van der Waals surface area contributed by atoms with Crippen LogP contribution < -0.4 is 10.1 Å². The van der Waals surface area contributed by atoms with Gasteiger partial charge in [0.25, 0.3) is 0 Å². The predicted octanol–water partition coefficient (Wildman–Crippen LogP) is 3.67. The fraction of sp³-hybridized carbons (Fsp3) is 0.667. The van der Waals surface area contributed by atoms with Gasteiger partial charge in [-0.1, -0.05) is 31.9 Å². The number of hydrogen-bond donors (Lipinski definition) is 1. The van der Waals surface area contributed by atoms with Gasteiger partial charge in [-0.05, 0) is 49.9 Å². The second kappa shape index (κ2) is 6.80. The van der Waals surface area contributed by atoms with Crippen molar-refractivity contribution in [3.63, 3.8) is 0 Å². The maximum atomic E-state index is 6.27. The van der Waals surface area contributed by atoms with Gasteiger partial charge >= 0.3 is 0 Å². The molecule has 0 aromatic heterocycles. The molecule has 0 bridgehead atoms. The van der Waals surface area contributed by atoms with E-state index in [1.54, 1.807) is 0 Å². The molecule has 0 radical (unpaired) electrons. The van der Waals surface area contributed by atoms with Gasteiger partial charge < -0.3 is 14.8 Å². The normalized spacial score (nSPS) is 23.8. The maximum absolute atomic E-state index is 6.27. The summed E-state index contributed by atoms with van der Waals surface area (Å²) in [6.45, 7) is 4.73. The lowest BCUT2D eigenvalue weighted by Crippen LogP contribution is -2.27. The summed E-state index contributed by atoms with van der Waals surface area (Å²) >= 11 is 0. The van der Waals surface area contributed by atoms with Crippen molar-refractivity contribution >= 4 is 0 Å². The molecule has 1 atom stereocenters. The molecule has 1 saturated heterocycles. The molecule has 0 amide bonds. The molecule has 1 saturated carbocycles. The van der Waals surface area contributed by atoms with Crippen LogP contribution in [-0.2, 0) is 11.3 Å². The van der Waals surface area contributed by atoms with Crippen molar-refractivity contribution in [2.75, 3.05) is 13.2 Å². The van der Waals surface area contributed by atoms with Crippen molar-refractivity contribution in [3.05, 3.63) is 29.8 Å². The Morgan fingerprint density at radius 2 is 1.95 bits per heavy atom. The van der Waals surface area contributed by atoms with Crippen LogP contribution in [0.1, 0.15) is 51.0 Å². The topological polar surface area (TPSA) is 30.5 Å². The van der Waals surface area contributed by atoms with E-state index in [4.69, 9.17) is 9.47 Å².